The number of hydrogen-bond acceptors (Lipinski definition) is 7. The molecule has 0 spiro atoms. The number of aromatic nitrogens is 3. The Morgan fingerprint density at radius 2 is 1.61 bits per heavy atom. The van der Waals surface area contributed by atoms with E-state index in [2.05, 4.69) is 51.3 Å². The second-order valence-corrected chi connectivity index (χ2v) is 8.37. The van der Waals surface area contributed by atoms with Gasteiger partial charge in [0.2, 0.25) is 5.95 Å². The highest BCUT2D eigenvalue weighted by Crippen LogP contribution is 2.28. The van der Waals surface area contributed by atoms with Crippen LogP contribution in [-0.2, 0) is 0 Å². The van der Waals surface area contributed by atoms with Crippen molar-refractivity contribution in [1.82, 2.24) is 15.0 Å². The number of aryl methyl sites for hydroxylation is 2. The summed E-state index contributed by atoms with van der Waals surface area (Å²) in [6.45, 7) is 7.65. The third-order valence-electron chi connectivity index (χ3n) is 5.98. The summed E-state index contributed by atoms with van der Waals surface area (Å²) in [7, 11) is 1.67. The summed E-state index contributed by atoms with van der Waals surface area (Å²) < 4.78 is 5.24. The lowest BCUT2D eigenvalue weighted by molar-refractivity contribution is 0.415. The Bertz CT molecular complexity index is 1270. The van der Waals surface area contributed by atoms with E-state index in [4.69, 9.17) is 14.7 Å². The maximum Gasteiger partial charge on any atom is 0.227 e. The minimum Gasteiger partial charge on any atom is -0.497 e. The lowest BCUT2D eigenvalue weighted by atomic mass is 10.1. The van der Waals surface area contributed by atoms with E-state index in [1.54, 1.807) is 7.11 Å². The summed E-state index contributed by atoms with van der Waals surface area (Å²) in [5.41, 5.74) is 5.42. The van der Waals surface area contributed by atoms with E-state index in [0.29, 0.717) is 0 Å². The summed E-state index contributed by atoms with van der Waals surface area (Å²) in [4.78, 5) is 18.8. The van der Waals surface area contributed by atoms with Gasteiger partial charge in [-0.25, -0.2) is 4.98 Å². The maximum atomic E-state index is 5.24. The smallest absolute Gasteiger partial charge is 0.227 e. The summed E-state index contributed by atoms with van der Waals surface area (Å²) >= 11 is 0. The Morgan fingerprint density at radius 3 is 2.36 bits per heavy atom. The highest BCUT2D eigenvalue weighted by molar-refractivity contribution is 5.92. The average molecular weight is 441 g/mol. The highest BCUT2D eigenvalue weighted by Gasteiger charge is 2.21. The van der Waals surface area contributed by atoms with Crippen LogP contribution in [0.25, 0.3) is 10.9 Å². The molecule has 0 atom stereocenters. The minimum absolute atomic E-state index is 0.765. The van der Waals surface area contributed by atoms with E-state index in [9.17, 15) is 0 Å². The van der Waals surface area contributed by atoms with Gasteiger partial charge in [-0.05, 0) is 55.8 Å². The van der Waals surface area contributed by atoms with Gasteiger partial charge in [-0.1, -0.05) is 12.1 Å². The van der Waals surface area contributed by atoms with Gasteiger partial charge in [0, 0.05) is 60.9 Å². The van der Waals surface area contributed by atoms with Crippen LogP contribution in [0.1, 0.15) is 11.3 Å². The molecule has 0 saturated carbocycles. The van der Waals surface area contributed by atoms with E-state index in [-0.39, 0.29) is 0 Å². The first-order chi connectivity index (χ1) is 16.1. The van der Waals surface area contributed by atoms with Gasteiger partial charge in [-0.2, -0.15) is 4.98 Å². The molecule has 0 amide bonds. The average Bonchev–Trinajstić information content (AvgIpc) is 2.84. The molecule has 3 heterocycles. The van der Waals surface area contributed by atoms with E-state index in [0.717, 1.165) is 60.6 Å². The fourth-order valence-corrected chi connectivity index (χ4v) is 4.25. The van der Waals surface area contributed by atoms with Crippen molar-refractivity contribution in [2.24, 2.45) is 0 Å². The van der Waals surface area contributed by atoms with Gasteiger partial charge in [-0.3, -0.25) is 4.98 Å². The molecule has 2 aromatic carbocycles. The Balaban J connectivity index is 1.31. The fraction of sp³-hybridized carbons (Fsp3) is 0.269. The SMILES string of the molecule is COc1ccc(Nc2cc(C)nc(N3CCN(c4ccnc5cc(C)ccc45)CC3)n2)cc1. The van der Waals surface area contributed by atoms with Crippen molar-refractivity contribution in [3.8, 4) is 5.75 Å². The molecular formula is C26H28N6O. The van der Waals surface area contributed by atoms with Crippen molar-refractivity contribution in [3.05, 3.63) is 72.1 Å². The van der Waals surface area contributed by atoms with Gasteiger partial charge in [0.05, 0.1) is 12.6 Å². The zero-order valence-corrected chi connectivity index (χ0v) is 19.2. The van der Waals surface area contributed by atoms with Crippen molar-refractivity contribution in [2.45, 2.75) is 13.8 Å². The lowest BCUT2D eigenvalue weighted by Crippen LogP contribution is -2.47. The van der Waals surface area contributed by atoms with E-state index in [1.165, 1.54) is 16.6 Å². The van der Waals surface area contributed by atoms with Crippen LogP contribution in [0.4, 0.5) is 23.1 Å². The number of rotatable bonds is 5. The fourth-order valence-electron chi connectivity index (χ4n) is 4.25. The molecule has 0 aliphatic carbocycles. The second kappa shape index (κ2) is 8.94. The number of pyridine rings is 1. The molecule has 7 nitrogen and oxygen atoms in total. The molecule has 1 aliphatic rings. The zero-order valence-electron chi connectivity index (χ0n) is 19.2. The Labute approximate surface area is 194 Å². The van der Waals surface area contributed by atoms with Crippen molar-refractivity contribution < 1.29 is 4.74 Å². The van der Waals surface area contributed by atoms with Crippen LogP contribution >= 0.6 is 0 Å². The minimum atomic E-state index is 0.765. The van der Waals surface area contributed by atoms with Crippen molar-refractivity contribution in [1.29, 1.82) is 0 Å². The van der Waals surface area contributed by atoms with Crippen molar-refractivity contribution in [2.75, 3.05) is 48.4 Å². The molecule has 1 aliphatic heterocycles. The number of methoxy groups -OCH3 is 1. The lowest BCUT2D eigenvalue weighted by Gasteiger charge is -2.36. The molecule has 1 fully saturated rings. The van der Waals surface area contributed by atoms with Gasteiger partial charge in [0.1, 0.15) is 11.6 Å². The molecule has 0 radical (unpaired) electrons. The highest BCUT2D eigenvalue weighted by atomic mass is 16.5. The zero-order chi connectivity index (χ0) is 22.8. The Hall–Kier alpha value is -3.87. The summed E-state index contributed by atoms with van der Waals surface area (Å²) in [6.07, 6.45) is 1.91. The monoisotopic (exact) mass is 440 g/mol. The topological polar surface area (TPSA) is 66.4 Å². The summed E-state index contributed by atoms with van der Waals surface area (Å²) in [5, 5.41) is 4.59. The molecule has 0 bridgehead atoms. The van der Waals surface area contributed by atoms with Crippen LogP contribution in [0.2, 0.25) is 0 Å². The molecule has 5 rings (SSSR count). The number of fused-ring (bicyclic) bond motifs is 1. The van der Waals surface area contributed by atoms with Gasteiger partial charge in [-0.15, -0.1) is 0 Å². The third-order valence-corrected chi connectivity index (χ3v) is 5.98. The number of nitrogens with one attached hydrogen (secondary N) is 1. The van der Waals surface area contributed by atoms with Crippen LogP contribution in [0, 0.1) is 13.8 Å². The first-order valence-corrected chi connectivity index (χ1v) is 11.2. The number of benzene rings is 2. The molecule has 1 N–H and O–H groups in total. The molecule has 33 heavy (non-hydrogen) atoms. The standard InChI is InChI=1S/C26H28N6O/c1-18-4-9-22-23(16-18)27-11-10-24(22)31-12-14-32(15-13-31)26-28-19(2)17-25(30-26)29-20-5-7-21(33-3)8-6-20/h4-11,16-17H,12-15H2,1-3H3,(H,28,29,30). The van der Waals surface area contributed by atoms with Crippen LogP contribution in [0.5, 0.6) is 5.75 Å². The Kier molecular flexibility index (Phi) is 5.69. The van der Waals surface area contributed by atoms with Gasteiger partial charge < -0.3 is 19.9 Å². The molecule has 1 saturated heterocycles. The van der Waals surface area contributed by atoms with Crippen LogP contribution < -0.4 is 19.9 Å². The number of hydrogen-bond donors (Lipinski definition) is 1. The van der Waals surface area contributed by atoms with Crippen molar-refractivity contribution >= 4 is 34.0 Å². The first-order valence-electron chi connectivity index (χ1n) is 11.2. The van der Waals surface area contributed by atoms with E-state index >= 15 is 0 Å². The third kappa shape index (κ3) is 4.53. The molecular weight excluding hydrogens is 412 g/mol. The number of piperazine rings is 1. The number of nitrogens with zero attached hydrogens (tertiary/aromatic N) is 5. The molecule has 7 heteroatoms. The van der Waals surface area contributed by atoms with Crippen LogP contribution in [0.15, 0.2) is 60.8 Å². The second-order valence-electron chi connectivity index (χ2n) is 8.37. The first kappa shape index (κ1) is 21.0. The van der Waals surface area contributed by atoms with Gasteiger partial charge >= 0.3 is 0 Å². The Morgan fingerprint density at radius 1 is 0.848 bits per heavy atom. The molecule has 2 aromatic heterocycles. The normalized spacial score (nSPS) is 13.9. The van der Waals surface area contributed by atoms with Crippen LogP contribution in [-0.4, -0.2) is 48.2 Å². The summed E-state index contributed by atoms with van der Waals surface area (Å²) in [5.74, 6) is 2.39. The quantitative estimate of drug-likeness (QED) is 0.482. The molecule has 168 valence electrons. The number of anilines is 4. The van der Waals surface area contributed by atoms with Crippen molar-refractivity contribution in [3.63, 3.8) is 0 Å². The van der Waals surface area contributed by atoms with Crippen LogP contribution in [0.3, 0.4) is 0 Å². The van der Waals surface area contributed by atoms with Gasteiger partial charge in [0.25, 0.3) is 0 Å². The van der Waals surface area contributed by atoms with E-state index < -0.39 is 0 Å². The number of ether oxygens (including phenoxy) is 1. The maximum absolute atomic E-state index is 5.24. The predicted octanol–water partition coefficient (Wildman–Crippen LogP) is 4.72. The predicted molar refractivity (Wildman–Crippen MR) is 134 cm³/mol. The summed E-state index contributed by atoms with van der Waals surface area (Å²) in [6, 6.07) is 18.4. The molecule has 4 aromatic rings. The largest absolute Gasteiger partial charge is 0.497 e. The molecule has 0 unspecified atom stereocenters. The van der Waals surface area contributed by atoms with E-state index in [1.807, 2.05) is 43.5 Å². The van der Waals surface area contributed by atoms with Gasteiger partial charge in [0.15, 0.2) is 0 Å².